The Labute approximate surface area is 186 Å². The number of pyridine rings is 2. The fourth-order valence-corrected chi connectivity index (χ4v) is 3.54. The van der Waals surface area contributed by atoms with Crippen LogP contribution >= 0.6 is 0 Å². The van der Waals surface area contributed by atoms with Crippen molar-refractivity contribution in [3.63, 3.8) is 0 Å². The molecule has 0 spiro atoms. The molecule has 0 atom stereocenters. The zero-order chi connectivity index (χ0) is 23.4. The molecule has 166 valence electrons. The predicted octanol–water partition coefficient (Wildman–Crippen LogP) is 3.54. The van der Waals surface area contributed by atoms with Crippen LogP contribution in [0.1, 0.15) is 25.2 Å². The molecule has 0 amide bonds. The summed E-state index contributed by atoms with van der Waals surface area (Å²) in [5, 5.41) is 20.1. The number of rotatable bonds is 10. The Kier molecular flexibility index (Phi) is 6.73. The van der Waals surface area contributed by atoms with Gasteiger partial charge in [-0.05, 0) is 26.0 Å². The van der Waals surface area contributed by atoms with E-state index < -0.39 is 11.9 Å². The van der Waals surface area contributed by atoms with Gasteiger partial charge in [-0.1, -0.05) is 37.4 Å². The number of carboxylic acid groups (broad SMARTS) is 2. The molecule has 8 nitrogen and oxygen atoms in total. The maximum atomic E-state index is 11.2. The number of nitrogens with zero attached hydrogens (tertiary/aromatic N) is 4. The van der Waals surface area contributed by atoms with E-state index in [4.69, 9.17) is 20.2 Å². The van der Waals surface area contributed by atoms with Gasteiger partial charge in [0.05, 0.1) is 33.8 Å². The van der Waals surface area contributed by atoms with Crippen molar-refractivity contribution in [3.05, 3.63) is 60.9 Å². The average molecular weight is 434 g/mol. The van der Waals surface area contributed by atoms with Gasteiger partial charge in [0, 0.05) is 23.9 Å². The average Bonchev–Trinajstić information content (AvgIpc) is 2.78. The monoisotopic (exact) mass is 434 g/mol. The molecule has 0 unspecified atom stereocenters. The van der Waals surface area contributed by atoms with Crippen molar-refractivity contribution < 1.29 is 19.8 Å². The highest BCUT2D eigenvalue weighted by Gasteiger charge is 2.16. The van der Waals surface area contributed by atoms with Crippen LogP contribution in [-0.2, 0) is 9.59 Å². The van der Waals surface area contributed by atoms with Gasteiger partial charge in [-0.2, -0.15) is 0 Å². The quantitative estimate of drug-likeness (QED) is 0.467. The Hall–Kier alpha value is -3.94. The normalized spacial score (nSPS) is 10.8. The summed E-state index contributed by atoms with van der Waals surface area (Å²) in [5.74, 6) is -1.88. The van der Waals surface area contributed by atoms with E-state index in [1.165, 1.54) is 0 Å². The Morgan fingerprint density at radius 2 is 1.09 bits per heavy atom. The van der Waals surface area contributed by atoms with Crippen LogP contribution in [0, 0.1) is 0 Å². The Bertz CT molecular complexity index is 1130. The molecule has 0 bridgehead atoms. The van der Waals surface area contributed by atoms with E-state index in [9.17, 15) is 9.59 Å². The molecule has 2 N–H and O–H groups in total. The lowest BCUT2D eigenvalue weighted by Crippen LogP contribution is -2.28. The lowest BCUT2D eigenvalue weighted by molar-refractivity contribution is -0.138. The van der Waals surface area contributed by atoms with Gasteiger partial charge in [-0.25, -0.2) is 9.97 Å². The number of aliphatic carboxylic acids is 2. The van der Waals surface area contributed by atoms with Crippen molar-refractivity contribution in [1.82, 2.24) is 19.8 Å². The van der Waals surface area contributed by atoms with Crippen LogP contribution in [0.25, 0.3) is 33.2 Å². The van der Waals surface area contributed by atoms with Crippen LogP contribution in [0.3, 0.4) is 0 Å². The van der Waals surface area contributed by atoms with Gasteiger partial charge < -0.3 is 20.0 Å². The fourth-order valence-electron chi connectivity index (χ4n) is 3.54. The lowest BCUT2D eigenvalue weighted by atomic mass is 10.1. The second kappa shape index (κ2) is 9.47. The molecule has 32 heavy (non-hydrogen) atoms. The summed E-state index contributed by atoms with van der Waals surface area (Å²) in [6, 6.07) is 11.3. The van der Waals surface area contributed by atoms with E-state index in [-0.39, 0.29) is 13.1 Å². The van der Waals surface area contributed by atoms with E-state index >= 15 is 0 Å². The molecule has 0 fully saturated rings. The van der Waals surface area contributed by atoms with Crippen molar-refractivity contribution in [3.8, 4) is 0 Å². The molecular weight excluding hydrogens is 408 g/mol. The first-order valence-electron chi connectivity index (χ1n) is 10.3. The Morgan fingerprint density at radius 1 is 0.750 bits per heavy atom. The number of hydrogen-bond donors (Lipinski definition) is 2. The minimum atomic E-state index is -0.939. The third kappa shape index (κ3) is 4.69. The van der Waals surface area contributed by atoms with Gasteiger partial charge >= 0.3 is 11.9 Å². The minimum Gasteiger partial charge on any atom is -0.480 e. The minimum absolute atomic E-state index is 0.163. The zero-order valence-electron chi connectivity index (χ0n) is 18.2. The Balaban J connectivity index is 2.09. The van der Waals surface area contributed by atoms with Crippen molar-refractivity contribution in [2.75, 3.05) is 26.2 Å². The first-order valence-corrected chi connectivity index (χ1v) is 10.3. The van der Waals surface area contributed by atoms with E-state index in [1.54, 1.807) is 9.80 Å². The summed E-state index contributed by atoms with van der Waals surface area (Å²) >= 11 is 0. The third-order valence-electron chi connectivity index (χ3n) is 5.29. The van der Waals surface area contributed by atoms with Crippen LogP contribution in [0.15, 0.2) is 49.6 Å². The first kappa shape index (κ1) is 22.7. The summed E-state index contributed by atoms with van der Waals surface area (Å²) in [5.41, 5.74) is 3.49. The predicted molar refractivity (Wildman–Crippen MR) is 125 cm³/mol. The highest BCUT2D eigenvalue weighted by Crippen LogP contribution is 2.27. The van der Waals surface area contributed by atoms with Gasteiger partial charge in [-0.3, -0.25) is 9.59 Å². The van der Waals surface area contributed by atoms with Gasteiger partial charge in [0.15, 0.2) is 0 Å². The summed E-state index contributed by atoms with van der Waals surface area (Å²) in [7, 11) is 0. The number of fused-ring (bicyclic) bond motifs is 3. The Morgan fingerprint density at radius 3 is 1.41 bits per heavy atom. The highest BCUT2D eigenvalue weighted by molar-refractivity contribution is 6.03. The van der Waals surface area contributed by atoms with E-state index in [2.05, 4.69) is 13.2 Å². The molecule has 8 heteroatoms. The SMILES string of the molecule is C=C(c1ccc2ccc3ccc(C(=C)N(CC)CC(=O)O)nc3c2n1)N(CC)CC(=O)O. The number of aromatic nitrogens is 2. The van der Waals surface area contributed by atoms with Gasteiger partial charge in [0.25, 0.3) is 0 Å². The summed E-state index contributed by atoms with van der Waals surface area (Å²) in [4.78, 5) is 35.2. The fraction of sp³-hybridized carbons (Fsp3) is 0.250. The molecule has 0 aliphatic heterocycles. The molecular formula is C24H26N4O4. The van der Waals surface area contributed by atoms with Gasteiger partial charge in [-0.15, -0.1) is 0 Å². The third-order valence-corrected chi connectivity index (χ3v) is 5.29. The second-order valence-electron chi connectivity index (χ2n) is 7.31. The van der Waals surface area contributed by atoms with Crippen molar-refractivity contribution >= 4 is 45.1 Å². The maximum absolute atomic E-state index is 11.2. The lowest BCUT2D eigenvalue weighted by Gasteiger charge is -2.23. The smallest absolute Gasteiger partial charge is 0.323 e. The van der Waals surface area contributed by atoms with E-state index in [0.717, 1.165) is 10.8 Å². The van der Waals surface area contributed by atoms with Crippen LogP contribution in [-0.4, -0.2) is 68.1 Å². The molecule has 3 rings (SSSR count). The first-order chi connectivity index (χ1) is 15.2. The zero-order valence-corrected chi connectivity index (χ0v) is 18.2. The summed E-state index contributed by atoms with van der Waals surface area (Å²) in [6.45, 7) is 12.5. The number of carbonyl (C=O) groups is 2. The molecule has 0 saturated carbocycles. The topological polar surface area (TPSA) is 107 Å². The van der Waals surface area contributed by atoms with Gasteiger partial charge in [0.2, 0.25) is 0 Å². The maximum Gasteiger partial charge on any atom is 0.323 e. The molecule has 2 heterocycles. The van der Waals surface area contributed by atoms with E-state index in [1.807, 2.05) is 50.2 Å². The molecule has 0 radical (unpaired) electrons. The van der Waals surface area contributed by atoms with E-state index in [0.29, 0.717) is 46.9 Å². The standard InChI is InChI=1S/C24H26N4O4/c1-5-27(13-21(29)30)15(3)19-11-9-17-7-8-18-10-12-20(26-24(18)23(17)25-19)16(4)28(6-2)14-22(31)32/h7-12H,3-6,13-14H2,1-2H3,(H,29,30)(H,31,32). The number of carboxylic acids is 2. The highest BCUT2D eigenvalue weighted by atomic mass is 16.4. The van der Waals surface area contributed by atoms with Crippen LogP contribution in [0.4, 0.5) is 0 Å². The van der Waals surface area contributed by atoms with Crippen LogP contribution < -0.4 is 0 Å². The van der Waals surface area contributed by atoms with Crippen molar-refractivity contribution in [1.29, 1.82) is 0 Å². The largest absolute Gasteiger partial charge is 0.480 e. The summed E-state index contributed by atoms with van der Waals surface area (Å²) < 4.78 is 0. The molecule has 0 aliphatic rings. The molecule has 0 aliphatic carbocycles. The molecule has 3 aromatic rings. The summed E-state index contributed by atoms with van der Waals surface area (Å²) in [6.07, 6.45) is 0. The second-order valence-corrected chi connectivity index (χ2v) is 7.31. The van der Waals surface area contributed by atoms with Crippen molar-refractivity contribution in [2.45, 2.75) is 13.8 Å². The molecule has 1 aromatic carbocycles. The van der Waals surface area contributed by atoms with Crippen molar-refractivity contribution in [2.24, 2.45) is 0 Å². The van der Waals surface area contributed by atoms with Crippen LogP contribution in [0.2, 0.25) is 0 Å². The van der Waals surface area contributed by atoms with Crippen LogP contribution in [0.5, 0.6) is 0 Å². The molecule has 0 saturated heterocycles. The molecule has 2 aromatic heterocycles. The number of hydrogen-bond acceptors (Lipinski definition) is 6. The number of likely N-dealkylation sites (N-methyl/N-ethyl adjacent to an activating group) is 2. The number of benzene rings is 1. The van der Waals surface area contributed by atoms with Gasteiger partial charge in [0.1, 0.15) is 13.1 Å².